The van der Waals surface area contributed by atoms with E-state index in [1.54, 1.807) is 17.0 Å². The van der Waals surface area contributed by atoms with Crippen LogP contribution in [0.1, 0.15) is 52.7 Å². The van der Waals surface area contributed by atoms with Gasteiger partial charge in [0.2, 0.25) is 5.91 Å². The fraction of sp³-hybridized carbons (Fsp3) is 0.394. The van der Waals surface area contributed by atoms with E-state index in [9.17, 15) is 14.7 Å². The molecule has 218 valence electrons. The van der Waals surface area contributed by atoms with E-state index in [4.69, 9.17) is 5.11 Å². The summed E-state index contributed by atoms with van der Waals surface area (Å²) in [7, 11) is 1.87. The largest absolute Gasteiger partial charge is 0.387 e. The molecule has 1 heterocycles. The number of aliphatic hydroxyl groups excluding tert-OH is 1. The predicted octanol–water partition coefficient (Wildman–Crippen LogP) is 4.15. The Morgan fingerprint density at radius 2 is 1.85 bits per heavy atom. The zero-order chi connectivity index (χ0) is 29.4. The predicted molar refractivity (Wildman–Crippen MR) is 158 cm³/mol. The summed E-state index contributed by atoms with van der Waals surface area (Å²) in [6.07, 6.45) is 2.01. The Kier molecular flexibility index (Phi) is 10.3. The van der Waals surface area contributed by atoms with Crippen LogP contribution in [0.25, 0.3) is 11.1 Å². The molecule has 2 atom stereocenters. The van der Waals surface area contributed by atoms with Crippen molar-refractivity contribution in [2.24, 2.45) is 5.92 Å². The second kappa shape index (κ2) is 13.9. The number of carbonyl (C=O) groups excluding carboxylic acids is 2. The van der Waals surface area contributed by atoms with Gasteiger partial charge in [-0.3, -0.25) is 9.59 Å². The van der Waals surface area contributed by atoms with E-state index in [1.807, 2.05) is 62.5 Å². The minimum absolute atomic E-state index is 0.0959. The summed E-state index contributed by atoms with van der Waals surface area (Å²) in [6.45, 7) is 3.19. The van der Waals surface area contributed by atoms with Gasteiger partial charge in [-0.1, -0.05) is 54.1 Å². The van der Waals surface area contributed by atoms with Crippen LogP contribution in [0.4, 0.5) is 4.39 Å². The molecule has 2 amide bonds. The lowest BCUT2D eigenvalue weighted by Gasteiger charge is -2.43. The lowest BCUT2D eigenvalue weighted by Crippen LogP contribution is -2.48. The zero-order valence-corrected chi connectivity index (χ0v) is 23.8. The molecule has 7 nitrogen and oxygen atoms in total. The molecule has 3 aromatic rings. The third kappa shape index (κ3) is 7.19. The number of likely N-dealkylation sites (tertiary alicyclic amines) is 1. The third-order valence-electron chi connectivity index (χ3n) is 7.95. The van der Waals surface area contributed by atoms with Crippen molar-refractivity contribution in [1.29, 1.82) is 0 Å². The lowest BCUT2D eigenvalue weighted by molar-refractivity contribution is -0.123. The maximum atomic E-state index is 15.6. The van der Waals surface area contributed by atoms with Crippen LogP contribution in [0.2, 0.25) is 0 Å². The smallest absolute Gasteiger partial charge is 0.253 e. The standard InChI is InChI=1S/C33H40FN3O4/c1-23-7-3-8-26(19-23)31-28(10-4-11-29(31)34)33(41,16-6-17-36-30(39)22-38)27-9-5-18-37(21-27)32(40)25-14-12-24(13-15-25)20-35-2/h3-4,7-8,10-15,19,27,35,38,41H,5-6,9,16-18,20-22H2,1-2H3,(H,36,39)/t27-,33?/m1/s1. The molecular weight excluding hydrogens is 521 g/mol. The Morgan fingerprint density at radius 1 is 1.10 bits per heavy atom. The van der Waals surface area contributed by atoms with E-state index in [0.717, 1.165) is 11.1 Å². The molecule has 3 aromatic carbocycles. The van der Waals surface area contributed by atoms with Gasteiger partial charge in [-0.2, -0.15) is 0 Å². The van der Waals surface area contributed by atoms with Gasteiger partial charge in [0.15, 0.2) is 0 Å². The average Bonchev–Trinajstić information content (AvgIpc) is 2.99. The number of piperidine rings is 1. The maximum absolute atomic E-state index is 15.6. The molecule has 0 spiro atoms. The second-order valence-electron chi connectivity index (χ2n) is 10.9. The van der Waals surface area contributed by atoms with Gasteiger partial charge in [0.05, 0.1) is 5.60 Å². The summed E-state index contributed by atoms with van der Waals surface area (Å²) in [5.74, 6) is -1.37. The summed E-state index contributed by atoms with van der Waals surface area (Å²) in [5.41, 5.74) is 2.68. The first-order chi connectivity index (χ1) is 19.8. The van der Waals surface area contributed by atoms with Crippen LogP contribution in [-0.4, -0.2) is 60.2 Å². The molecule has 1 aliphatic heterocycles. The fourth-order valence-electron chi connectivity index (χ4n) is 5.88. The van der Waals surface area contributed by atoms with Crippen LogP contribution >= 0.6 is 0 Å². The number of carbonyl (C=O) groups is 2. The fourth-order valence-corrected chi connectivity index (χ4v) is 5.88. The molecule has 1 unspecified atom stereocenters. The summed E-state index contributed by atoms with van der Waals surface area (Å²) in [6, 6.07) is 19.9. The van der Waals surface area contributed by atoms with E-state index in [-0.39, 0.29) is 24.8 Å². The number of halogens is 1. The summed E-state index contributed by atoms with van der Waals surface area (Å²) in [4.78, 5) is 26.9. The molecule has 4 rings (SSSR count). The summed E-state index contributed by atoms with van der Waals surface area (Å²) < 4.78 is 15.6. The maximum Gasteiger partial charge on any atom is 0.253 e. The Morgan fingerprint density at radius 3 is 2.56 bits per heavy atom. The van der Waals surface area contributed by atoms with Crippen LogP contribution in [0, 0.1) is 18.7 Å². The van der Waals surface area contributed by atoms with Gasteiger partial charge in [0.25, 0.3) is 5.91 Å². The molecule has 41 heavy (non-hydrogen) atoms. The molecular formula is C33H40FN3O4. The first kappa shape index (κ1) is 30.4. The van der Waals surface area contributed by atoms with E-state index >= 15 is 4.39 Å². The normalized spacial score (nSPS) is 16.7. The second-order valence-corrected chi connectivity index (χ2v) is 10.9. The highest BCUT2D eigenvalue weighted by Gasteiger charge is 2.43. The highest BCUT2D eigenvalue weighted by molar-refractivity contribution is 5.94. The summed E-state index contributed by atoms with van der Waals surface area (Å²) >= 11 is 0. The first-order valence-corrected chi connectivity index (χ1v) is 14.3. The van der Waals surface area contributed by atoms with E-state index in [1.165, 1.54) is 6.07 Å². The molecule has 0 bridgehead atoms. The molecule has 0 aromatic heterocycles. The Bertz CT molecular complexity index is 1350. The lowest BCUT2D eigenvalue weighted by atomic mass is 9.72. The number of rotatable bonds is 11. The Balaban J connectivity index is 1.67. The van der Waals surface area contributed by atoms with Crippen LogP contribution in [0.15, 0.2) is 66.7 Å². The number of amides is 2. The minimum Gasteiger partial charge on any atom is -0.387 e. The highest BCUT2D eigenvalue weighted by atomic mass is 19.1. The van der Waals surface area contributed by atoms with Crippen LogP contribution in [0.3, 0.4) is 0 Å². The van der Waals surface area contributed by atoms with Crippen molar-refractivity contribution in [3.05, 3.63) is 94.8 Å². The third-order valence-corrected chi connectivity index (χ3v) is 7.95. The van der Waals surface area contributed by atoms with Crippen molar-refractivity contribution in [2.45, 2.75) is 44.8 Å². The number of aliphatic hydroxyl groups is 2. The minimum atomic E-state index is -1.47. The molecule has 4 N–H and O–H groups in total. The highest BCUT2D eigenvalue weighted by Crippen LogP contribution is 2.44. The summed E-state index contributed by atoms with van der Waals surface area (Å²) in [5, 5.41) is 27.4. The van der Waals surface area contributed by atoms with Gasteiger partial charge in [-0.25, -0.2) is 4.39 Å². The van der Waals surface area contributed by atoms with Crippen molar-refractivity contribution < 1.29 is 24.2 Å². The number of hydrogen-bond donors (Lipinski definition) is 4. The van der Waals surface area contributed by atoms with Gasteiger partial charge in [0, 0.05) is 43.2 Å². The number of nitrogens with one attached hydrogen (secondary N) is 2. The molecule has 1 saturated heterocycles. The topological polar surface area (TPSA) is 102 Å². The van der Waals surface area contributed by atoms with Crippen molar-refractivity contribution in [1.82, 2.24) is 15.5 Å². The van der Waals surface area contributed by atoms with Crippen LogP contribution < -0.4 is 10.6 Å². The molecule has 8 heteroatoms. The van der Waals surface area contributed by atoms with Gasteiger partial charge in [-0.15, -0.1) is 0 Å². The quantitative estimate of drug-likeness (QED) is 0.264. The Hall–Kier alpha value is -3.59. The SMILES string of the molecule is CNCc1ccc(C(=O)N2CCC[C@@H](C(O)(CCCNC(=O)CO)c3cccc(F)c3-c3cccc(C)c3)C2)cc1. The molecule has 0 saturated carbocycles. The van der Waals surface area contributed by atoms with E-state index in [0.29, 0.717) is 61.2 Å². The molecule has 1 aliphatic rings. The van der Waals surface area contributed by atoms with Gasteiger partial charge >= 0.3 is 0 Å². The van der Waals surface area contributed by atoms with Crippen molar-refractivity contribution in [2.75, 3.05) is 33.3 Å². The first-order valence-electron chi connectivity index (χ1n) is 14.3. The molecule has 0 radical (unpaired) electrons. The van der Waals surface area contributed by atoms with Crippen molar-refractivity contribution >= 4 is 11.8 Å². The van der Waals surface area contributed by atoms with Gasteiger partial charge in [0.1, 0.15) is 12.4 Å². The van der Waals surface area contributed by atoms with Crippen LogP contribution in [0.5, 0.6) is 0 Å². The monoisotopic (exact) mass is 561 g/mol. The van der Waals surface area contributed by atoms with Gasteiger partial charge < -0.3 is 25.7 Å². The number of hydrogen-bond acceptors (Lipinski definition) is 5. The van der Waals surface area contributed by atoms with Crippen molar-refractivity contribution in [3.8, 4) is 11.1 Å². The zero-order valence-electron chi connectivity index (χ0n) is 23.8. The van der Waals surface area contributed by atoms with E-state index in [2.05, 4.69) is 10.6 Å². The molecule has 1 fully saturated rings. The van der Waals surface area contributed by atoms with E-state index < -0.39 is 23.9 Å². The van der Waals surface area contributed by atoms with Gasteiger partial charge in [-0.05, 0) is 74.5 Å². The number of aryl methyl sites for hydroxylation is 1. The Labute approximate surface area is 241 Å². The average molecular weight is 562 g/mol. The van der Waals surface area contributed by atoms with Crippen molar-refractivity contribution in [3.63, 3.8) is 0 Å². The van der Waals surface area contributed by atoms with Crippen LogP contribution in [-0.2, 0) is 16.9 Å². The number of nitrogens with zero attached hydrogens (tertiary/aromatic N) is 1. The number of benzene rings is 3. The molecule has 0 aliphatic carbocycles.